The van der Waals surface area contributed by atoms with Crippen molar-refractivity contribution in [3.8, 4) is 0 Å². The molecule has 3 aromatic heterocycles. The Kier molecular flexibility index (Phi) is 5.45. The number of anilines is 1. The standard InChI is InChI=1S/C18H13ClFN7O4/c19-14-2-1-3-15(20)13(14)9-26-10-21-18(24-26)23-17(28)16-5-4-12(31-16)8-25-7-11(6-22-25)27(29)30/h1-7,10H,8-9H2,(H,23,24,28). The number of aromatic nitrogens is 5. The Labute approximate surface area is 178 Å². The molecule has 1 aromatic carbocycles. The Morgan fingerprint density at radius 1 is 1.26 bits per heavy atom. The molecule has 0 aliphatic rings. The average Bonchev–Trinajstić information content (AvgIpc) is 3.47. The maximum Gasteiger partial charge on any atom is 0.307 e. The highest BCUT2D eigenvalue weighted by Crippen LogP contribution is 2.20. The molecular formula is C18H13ClFN7O4. The average molecular weight is 446 g/mol. The zero-order chi connectivity index (χ0) is 22.0. The molecule has 0 saturated carbocycles. The van der Waals surface area contributed by atoms with Crippen LogP contribution in [0.15, 0.2) is 53.5 Å². The Morgan fingerprint density at radius 2 is 2.10 bits per heavy atom. The fourth-order valence-electron chi connectivity index (χ4n) is 2.71. The van der Waals surface area contributed by atoms with E-state index in [-0.39, 0.29) is 41.1 Å². The molecule has 158 valence electrons. The van der Waals surface area contributed by atoms with Gasteiger partial charge in [-0.2, -0.15) is 5.10 Å². The van der Waals surface area contributed by atoms with Gasteiger partial charge in [-0.3, -0.25) is 24.9 Å². The SMILES string of the molecule is O=C(Nc1ncn(Cc2c(F)cccc2Cl)n1)c1ccc(Cn2cc([N+](=O)[O-])cn2)o1. The van der Waals surface area contributed by atoms with Crippen LogP contribution in [0.1, 0.15) is 21.9 Å². The van der Waals surface area contributed by atoms with Crippen molar-refractivity contribution < 1.29 is 18.5 Å². The molecule has 4 rings (SSSR count). The van der Waals surface area contributed by atoms with Gasteiger partial charge < -0.3 is 4.42 Å². The first-order chi connectivity index (χ1) is 14.9. The molecule has 0 aliphatic heterocycles. The van der Waals surface area contributed by atoms with Crippen molar-refractivity contribution >= 4 is 29.1 Å². The van der Waals surface area contributed by atoms with E-state index in [1.54, 1.807) is 12.1 Å². The van der Waals surface area contributed by atoms with Gasteiger partial charge in [-0.1, -0.05) is 17.7 Å². The lowest BCUT2D eigenvalue weighted by atomic mass is 10.2. The second-order valence-electron chi connectivity index (χ2n) is 6.34. The Morgan fingerprint density at radius 3 is 2.84 bits per heavy atom. The molecule has 0 bridgehead atoms. The fraction of sp³-hybridized carbons (Fsp3) is 0.111. The highest BCUT2D eigenvalue weighted by molar-refractivity contribution is 6.31. The molecule has 1 amide bonds. The minimum absolute atomic E-state index is 0.00175. The molecular weight excluding hydrogens is 433 g/mol. The summed E-state index contributed by atoms with van der Waals surface area (Å²) in [7, 11) is 0. The van der Waals surface area contributed by atoms with Crippen molar-refractivity contribution in [2.75, 3.05) is 5.32 Å². The first kappa shape index (κ1) is 20.2. The van der Waals surface area contributed by atoms with Gasteiger partial charge in [-0.05, 0) is 24.3 Å². The maximum absolute atomic E-state index is 13.9. The number of carbonyl (C=O) groups is 1. The van der Waals surface area contributed by atoms with Gasteiger partial charge in [0.25, 0.3) is 5.91 Å². The van der Waals surface area contributed by atoms with Gasteiger partial charge in [-0.15, -0.1) is 5.10 Å². The highest BCUT2D eigenvalue weighted by Gasteiger charge is 2.16. The number of amides is 1. The van der Waals surface area contributed by atoms with Gasteiger partial charge in [0.15, 0.2) is 5.76 Å². The summed E-state index contributed by atoms with van der Waals surface area (Å²) in [6.07, 6.45) is 3.70. The molecule has 11 nitrogen and oxygen atoms in total. The minimum atomic E-state index is -0.598. The van der Waals surface area contributed by atoms with Crippen LogP contribution in [0.3, 0.4) is 0 Å². The summed E-state index contributed by atoms with van der Waals surface area (Å²) in [5.41, 5.74) is 0.101. The minimum Gasteiger partial charge on any atom is -0.454 e. The summed E-state index contributed by atoms with van der Waals surface area (Å²) in [5, 5.41) is 21.4. The van der Waals surface area contributed by atoms with Crippen LogP contribution in [0, 0.1) is 15.9 Å². The van der Waals surface area contributed by atoms with E-state index in [9.17, 15) is 19.3 Å². The molecule has 0 radical (unpaired) electrons. The lowest BCUT2D eigenvalue weighted by molar-refractivity contribution is -0.385. The molecule has 1 N–H and O–H groups in total. The summed E-state index contributed by atoms with van der Waals surface area (Å²) in [6, 6.07) is 7.35. The van der Waals surface area contributed by atoms with Gasteiger partial charge in [0.05, 0.1) is 18.0 Å². The van der Waals surface area contributed by atoms with Crippen molar-refractivity contribution in [1.82, 2.24) is 24.5 Å². The fourth-order valence-corrected chi connectivity index (χ4v) is 2.94. The molecule has 13 heteroatoms. The van der Waals surface area contributed by atoms with Crippen LogP contribution in [-0.2, 0) is 13.1 Å². The van der Waals surface area contributed by atoms with Crippen LogP contribution in [0.5, 0.6) is 0 Å². The number of nitro groups is 1. The van der Waals surface area contributed by atoms with E-state index in [1.807, 2.05) is 0 Å². The van der Waals surface area contributed by atoms with Crippen molar-refractivity contribution in [3.63, 3.8) is 0 Å². The maximum atomic E-state index is 13.9. The molecule has 0 unspecified atom stereocenters. The Bertz CT molecular complexity index is 1250. The largest absolute Gasteiger partial charge is 0.454 e. The monoisotopic (exact) mass is 445 g/mol. The number of halogens is 2. The third-order valence-corrected chi connectivity index (χ3v) is 4.53. The summed E-state index contributed by atoms with van der Waals surface area (Å²) < 4.78 is 22.0. The van der Waals surface area contributed by atoms with Crippen molar-refractivity contribution in [1.29, 1.82) is 0 Å². The van der Waals surface area contributed by atoms with Crippen LogP contribution >= 0.6 is 11.6 Å². The first-order valence-electron chi connectivity index (χ1n) is 8.78. The highest BCUT2D eigenvalue weighted by atomic mass is 35.5. The van der Waals surface area contributed by atoms with Crippen LogP contribution in [-0.4, -0.2) is 35.4 Å². The number of rotatable bonds is 7. The predicted octanol–water partition coefficient (Wildman–Crippen LogP) is 3.12. The van der Waals surface area contributed by atoms with Gasteiger partial charge in [0.2, 0.25) is 5.95 Å². The van der Waals surface area contributed by atoms with E-state index in [0.717, 1.165) is 6.20 Å². The lowest BCUT2D eigenvalue weighted by Gasteiger charge is -2.05. The summed E-state index contributed by atoms with van der Waals surface area (Å²) in [5.74, 6) is -0.710. The number of nitrogens with one attached hydrogen (secondary N) is 1. The molecule has 0 aliphatic carbocycles. The van der Waals surface area contributed by atoms with Crippen LogP contribution in [0.2, 0.25) is 5.02 Å². The number of carbonyl (C=O) groups excluding carboxylic acids is 1. The first-order valence-corrected chi connectivity index (χ1v) is 9.16. The lowest BCUT2D eigenvalue weighted by Crippen LogP contribution is -2.13. The molecule has 3 heterocycles. The van der Waals surface area contributed by atoms with Crippen LogP contribution < -0.4 is 5.32 Å². The van der Waals surface area contributed by atoms with Gasteiger partial charge in [-0.25, -0.2) is 14.1 Å². The zero-order valence-corrected chi connectivity index (χ0v) is 16.4. The predicted molar refractivity (Wildman–Crippen MR) is 105 cm³/mol. The van der Waals surface area contributed by atoms with E-state index in [1.165, 1.54) is 40.1 Å². The molecule has 0 atom stereocenters. The van der Waals surface area contributed by atoms with E-state index < -0.39 is 16.6 Å². The third-order valence-electron chi connectivity index (χ3n) is 4.18. The second-order valence-corrected chi connectivity index (χ2v) is 6.75. The summed E-state index contributed by atoms with van der Waals surface area (Å²) >= 11 is 6.00. The van der Waals surface area contributed by atoms with E-state index in [0.29, 0.717) is 5.76 Å². The number of benzene rings is 1. The number of hydrogen-bond donors (Lipinski definition) is 1. The number of furan rings is 1. The number of hydrogen-bond acceptors (Lipinski definition) is 7. The van der Waals surface area contributed by atoms with Crippen LogP contribution in [0.4, 0.5) is 16.0 Å². The smallest absolute Gasteiger partial charge is 0.307 e. The Balaban J connectivity index is 1.39. The van der Waals surface area contributed by atoms with Crippen molar-refractivity contribution in [3.05, 3.63) is 87.1 Å². The number of nitrogens with zero attached hydrogens (tertiary/aromatic N) is 6. The summed E-state index contributed by atoms with van der Waals surface area (Å²) in [6.45, 7) is 0.146. The molecule has 31 heavy (non-hydrogen) atoms. The molecule has 0 saturated heterocycles. The molecule has 0 spiro atoms. The van der Waals surface area contributed by atoms with Crippen molar-refractivity contribution in [2.24, 2.45) is 0 Å². The van der Waals surface area contributed by atoms with E-state index in [2.05, 4.69) is 20.5 Å². The van der Waals surface area contributed by atoms with Crippen LogP contribution in [0.25, 0.3) is 0 Å². The second kappa shape index (κ2) is 8.36. The van der Waals surface area contributed by atoms with Crippen molar-refractivity contribution in [2.45, 2.75) is 13.1 Å². The molecule has 4 aromatic rings. The van der Waals surface area contributed by atoms with E-state index >= 15 is 0 Å². The third kappa shape index (κ3) is 4.59. The van der Waals surface area contributed by atoms with Gasteiger partial charge in [0, 0.05) is 10.6 Å². The van der Waals surface area contributed by atoms with E-state index in [4.69, 9.17) is 16.0 Å². The zero-order valence-electron chi connectivity index (χ0n) is 15.6. The van der Waals surface area contributed by atoms with Gasteiger partial charge >= 0.3 is 5.69 Å². The Hall–Kier alpha value is -4.06. The molecule has 0 fully saturated rings. The van der Waals surface area contributed by atoms with Gasteiger partial charge in [0.1, 0.15) is 30.3 Å². The topological polar surface area (TPSA) is 134 Å². The normalized spacial score (nSPS) is 10.9. The summed E-state index contributed by atoms with van der Waals surface area (Å²) in [4.78, 5) is 26.5. The quantitative estimate of drug-likeness (QED) is 0.341.